The zero-order chi connectivity index (χ0) is 17.3. The third kappa shape index (κ3) is 3.77. The molecule has 0 spiro atoms. The summed E-state index contributed by atoms with van der Waals surface area (Å²) in [4.78, 5) is 4.29. The number of aryl methyl sites for hydroxylation is 2. The minimum Gasteiger partial charge on any atom is -0.457 e. The van der Waals surface area contributed by atoms with Crippen LogP contribution in [0.3, 0.4) is 0 Å². The average molecular weight is 380 g/mol. The number of hydrogen-bond acceptors (Lipinski definition) is 5. The highest BCUT2D eigenvalue weighted by molar-refractivity contribution is 8.15. The van der Waals surface area contributed by atoms with Crippen LogP contribution in [0.2, 0.25) is 0 Å². The third-order valence-electron chi connectivity index (χ3n) is 3.30. The first kappa shape index (κ1) is 17.0. The standard InChI is InChI=1S/C17H14ClNO3S2/c1-11-4-3-5-15(10-11)22-14-8-6-13(7-9-14)16-19-12(2)17(23-16)24(18,20)21/h3-10H,1-2H3. The van der Waals surface area contributed by atoms with Gasteiger partial charge < -0.3 is 4.74 Å². The molecule has 124 valence electrons. The molecule has 1 aromatic heterocycles. The lowest BCUT2D eigenvalue weighted by molar-refractivity contribution is 0.482. The van der Waals surface area contributed by atoms with Gasteiger partial charge in [-0.25, -0.2) is 13.4 Å². The van der Waals surface area contributed by atoms with Gasteiger partial charge in [-0.05, 0) is 55.8 Å². The predicted octanol–water partition coefficient (Wildman–Crippen LogP) is 5.15. The van der Waals surface area contributed by atoms with Crippen LogP contribution in [0.15, 0.2) is 52.7 Å². The molecule has 24 heavy (non-hydrogen) atoms. The molecule has 0 atom stereocenters. The number of rotatable bonds is 4. The molecule has 0 amide bonds. The van der Waals surface area contributed by atoms with E-state index in [1.807, 2.05) is 55.5 Å². The van der Waals surface area contributed by atoms with E-state index < -0.39 is 9.05 Å². The van der Waals surface area contributed by atoms with E-state index in [-0.39, 0.29) is 4.21 Å². The van der Waals surface area contributed by atoms with Crippen molar-refractivity contribution in [1.82, 2.24) is 4.98 Å². The lowest BCUT2D eigenvalue weighted by atomic mass is 10.2. The van der Waals surface area contributed by atoms with Gasteiger partial charge in [0.15, 0.2) is 4.21 Å². The first-order valence-corrected chi connectivity index (χ1v) is 10.2. The molecule has 0 aliphatic carbocycles. The molecule has 0 aliphatic heterocycles. The highest BCUT2D eigenvalue weighted by Gasteiger charge is 2.19. The zero-order valence-electron chi connectivity index (χ0n) is 13.0. The molecule has 3 aromatic rings. The van der Waals surface area contributed by atoms with Crippen LogP contribution in [0.4, 0.5) is 0 Å². The second kappa shape index (κ2) is 6.55. The Balaban J connectivity index is 1.85. The Hall–Kier alpha value is -1.89. The molecule has 0 N–H and O–H groups in total. The fraction of sp³-hybridized carbons (Fsp3) is 0.118. The van der Waals surface area contributed by atoms with E-state index in [9.17, 15) is 8.42 Å². The summed E-state index contributed by atoms with van der Waals surface area (Å²) < 4.78 is 28.9. The van der Waals surface area contributed by atoms with Gasteiger partial charge in [0.25, 0.3) is 9.05 Å². The fourth-order valence-corrected chi connectivity index (χ4v) is 4.67. The normalized spacial score (nSPS) is 11.5. The summed E-state index contributed by atoms with van der Waals surface area (Å²) in [6.07, 6.45) is 0. The van der Waals surface area contributed by atoms with Crippen molar-refractivity contribution in [3.63, 3.8) is 0 Å². The van der Waals surface area contributed by atoms with Crippen LogP contribution in [0.5, 0.6) is 11.5 Å². The Morgan fingerprint density at radius 2 is 1.75 bits per heavy atom. The van der Waals surface area contributed by atoms with E-state index in [0.29, 0.717) is 16.5 Å². The molecule has 2 aromatic carbocycles. The van der Waals surface area contributed by atoms with Gasteiger partial charge in [-0.2, -0.15) is 0 Å². The minimum absolute atomic E-state index is 0.0826. The lowest BCUT2D eigenvalue weighted by Crippen LogP contribution is -1.88. The zero-order valence-corrected chi connectivity index (χ0v) is 15.4. The van der Waals surface area contributed by atoms with Gasteiger partial charge >= 0.3 is 0 Å². The number of ether oxygens (including phenoxy) is 1. The molecular weight excluding hydrogens is 366 g/mol. The summed E-state index contributed by atoms with van der Waals surface area (Å²) in [5.41, 5.74) is 2.34. The largest absolute Gasteiger partial charge is 0.457 e. The maximum Gasteiger partial charge on any atom is 0.272 e. The van der Waals surface area contributed by atoms with E-state index in [1.54, 1.807) is 6.92 Å². The van der Waals surface area contributed by atoms with E-state index in [1.165, 1.54) is 0 Å². The van der Waals surface area contributed by atoms with Crippen molar-refractivity contribution in [1.29, 1.82) is 0 Å². The quantitative estimate of drug-likeness (QED) is 0.588. The van der Waals surface area contributed by atoms with Gasteiger partial charge in [0.05, 0.1) is 5.69 Å². The van der Waals surface area contributed by atoms with Gasteiger partial charge in [-0.3, -0.25) is 0 Å². The van der Waals surface area contributed by atoms with Crippen LogP contribution in [0.25, 0.3) is 10.6 Å². The smallest absolute Gasteiger partial charge is 0.272 e. The second-order valence-corrected chi connectivity index (χ2v) is 9.03. The minimum atomic E-state index is -3.77. The number of hydrogen-bond donors (Lipinski definition) is 0. The van der Waals surface area contributed by atoms with E-state index in [0.717, 1.165) is 28.2 Å². The van der Waals surface area contributed by atoms with Gasteiger partial charge in [-0.15, -0.1) is 11.3 Å². The van der Waals surface area contributed by atoms with Gasteiger partial charge in [0, 0.05) is 16.2 Å². The molecule has 0 bridgehead atoms. The summed E-state index contributed by atoms with van der Waals surface area (Å²) in [5, 5.41) is 0.605. The molecule has 0 fully saturated rings. The van der Waals surface area contributed by atoms with Crippen molar-refractivity contribution in [3.05, 3.63) is 59.8 Å². The first-order chi connectivity index (χ1) is 11.3. The Morgan fingerprint density at radius 1 is 1.04 bits per heavy atom. The van der Waals surface area contributed by atoms with Crippen molar-refractivity contribution in [2.24, 2.45) is 0 Å². The summed E-state index contributed by atoms with van der Waals surface area (Å²) in [6, 6.07) is 15.1. The van der Waals surface area contributed by atoms with E-state index in [2.05, 4.69) is 4.98 Å². The van der Waals surface area contributed by atoms with Crippen LogP contribution in [-0.2, 0) is 9.05 Å². The predicted molar refractivity (Wildman–Crippen MR) is 96.6 cm³/mol. The average Bonchev–Trinajstić information content (AvgIpc) is 2.90. The summed E-state index contributed by atoms with van der Waals surface area (Å²) >= 11 is 1.06. The Morgan fingerprint density at radius 3 is 2.33 bits per heavy atom. The molecule has 0 unspecified atom stereocenters. The molecule has 0 saturated carbocycles. The van der Waals surface area contributed by atoms with E-state index >= 15 is 0 Å². The number of aromatic nitrogens is 1. The van der Waals surface area contributed by atoms with Crippen molar-refractivity contribution < 1.29 is 13.2 Å². The topological polar surface area (TPSA) is 56.3 Å². The molecule has 4 nitrogen and oxygen atoms in total. The number of nitrogens with zero attached hydrogens (tertiary/aromatic N) is 1. The van der Waals surface area contributed by atoms with Gasteiger partial charge in [-0.1, -0.05) is 12.1 Å². The SMILES string of the molecule is Cc1cccc(Oc2ccc(-c3nc(C)c(S(=O)(=O)Cl)s3)cc2)c1. The van der Waals surface area contributed by atoms with Crippen LogP contribution in [0.1, 0.15) is 11.3 Å². The Bertz CT molecular complexity index is 979. The molecule has 1 heterocycles. The number of benzene rings is 2. The Labute approximate surface area is 149 Å². The summed E-state index contributed by atoms with van der Waals surface area (Å²) in [6.45, 7) is 3.63. The van der Waals surface area contributed by atoms with Crippen molar-refractivity contribution >= 4 is 31.1 Å². The first-order valence-electron chi connectivity index (χ1n) is 7.10. The molecular formula is C17H14ClNO3S2. The van der Waals surface area contributed by atoms with Crippen LogP contribution >= 0.6 is 22.0 Å². The van der Waals surface area contributed by atoms with Gasteiger partial charge in [0.1, 0.15) is 16.5 Å². The monoisotopic (exact) mass is 379 g/mol. The molecule has 7 heteroatoms. The molecule has 0 aliphatic rings. The van der Waals surface area contributed by atoms with Crippen LogP contribution in [0, 0.1) is 13.8 Å². The Kier molecular flexibility index (Phi) is 4.62. The number of halogens is 1. The van der Waals surface area contributed by atoms with Crippen molar-refractivity contribution in [2.45, 2.75) is 18.1 Å². The summed E-state index contributed by atoms with van der Waals surface area (Å²) in [7, 11) is 1.65. The van der Waals surface area contributed by atoms with Crippen LogP contribution < -0.4 is 4.74 Å². The number of thiazole rings is 1. The fourth-order valence-electron chi connectivity index (χ4n) is 2.21. The summed E-state index contributed by atoms with van der Waals surface area (Å²) in [5.74, 6) is 1.46. The highest BCUT2D eigenvalue weighted by Crippen LogP contribution is 2.34. The molecule has 3 rings (SSSR count). The van der Waals surface area contributed by atoms with Crippen molar-refractivity contribution in [2.75, 3.05) is 0 Å². The maximum absolute atomic E-state index is 11.5. The van der Waals surface area contributed by atoms with Gasteiger partial charge in [0.2, 0.25) is 0 Å². The second-order valence-electron chi connectivity index (χ2n) is 5.27. The molecule has 0 radical (unpaired) electrons. The maximum atomic E-state index is 11.5. The molecule has 0 saturated heterocycles. The van der Waals surface area contributed by atoms with Crippen molar-refractivity contribution in [3.8, 4) is 22.1 Å². The third-order valence-corrected chi connectivity index (χ3v) is 6.69. The van der Waals surface area contributed by atoms with Crippen LogP contribution in [-0.4, -0.2) is 13.4 Å². The van der Waals surface area contributed by atoms with E-state index in [4.69, 9.17) is 15.4 Å². The highest BCUT2D eigenvalue weighted by atomic mass is 35.7. The lowest BCUT2D eigenvalue weighted by Gasteiger charge is -2.06.